The Kier molecular flexibility index (Phi) is 2.59. The van der Waals surface area contributed by atoms with E-state index in [1.54, 1.807) is 0 Å². The molecule has 15 heavy (non-hydrogen) atoms. The Morgan fingerprint density at radius 3 is 2.80 bits per heavy atom. The van der Waals surface area contributed by atoms with Crippen LogP contribution in [0.4, 0.5) is 0 Å². The summed E-state index contributed by atoms with van der Waals surface area (Å²) in [5.74, 6) is 0. The first-order valence-corrected chi connectivity index (χ1v) is 5.85. The van der Waals surface area contributed by atoms with Crippen LogP contribution in [0.25, 0.3) is 0 Å². The van der Waals surface area contributed by atoms with Crippen molar-refractivity contribution in [1.82, 2.24) is 0 Å². The molecule has 0 amide bonds. The van der Waals surface area contributed by atoms with E-state index in [4.69, 9.17) is 5.21 Å². The number of oxime groups is 1. The highest BCUT2D eigenvalue weighted by Crippen LogP contribution is 2.37. The average Bonchev–Trinajstić information content (AvgIpc) is 2.17. The van der Waals surface area contributed by atoms with E-state index in [0.29, 0.717) is 0 Å². The molecule has 0 spiro atoms. The van der Waals surface area contributed by atoms with Crippen molar-refractivity contribution in [2.75, 3.05) is 0 Å². The lowest BCUT2D eigenvalue weighted by Gasteiger charge is -2.32. The molecule has 1 aliphatic rings. The lowest BCUT2D eigenvalue weighted by Crippen LogP contribution is -2.27. The largest absolute Gasteiger partial charge is 0.411 e. The van der Waals surface area contributed by atoms with E-state index in [-0.39, 0.29) is 5.41 Å². The summed E-state index contributed by atoms with van der Waals surface area (Å²) in [7, 11) is 0. The van der Waals surface area contributed by atoms with Crippen LogP contribution in [-0.4, -0.2) is 10.9 Å². The Morgan fingerprint density at radius 1 is 1.40 bits per heavy atom. The zero-order valence-electron chi connectivity index (χ0n) is 8.92. The van der Waals surface area contributed by atoms with Gasteiger partial charge in [-0.3, -0.25) is 0 Å². The van der Waals surface area contributed by atoms with Gasteiger partial charge in [0.2, 0.25) is 0 Å². The van der Waals surface area contributed by atoms with E-state index in [0.717, 1.165) is 28.6 Å². The minimum Gasteiger partial charge on any atom is -0.411 e. The van der Waals surface area contributed by atoms with Gasteiger partial charge in [-0.15, -0.1) is 0 Å². The molecule has 0 heterocycles. The standard InChI is InChI=1S/C12H14BrNO/c1-12(2)6-5-11(14-15)9-7-8(13)3-4-10(9)12/h3-4,7,15H,5-6H2,1-2H3/b14-11+. The quantitative estimate of drug-likeness (QED) is 0.564. The van der Waals surface area contributed by atoms with Gasteiger partial charge >= 0.3 is 0 Å². The molecule has 1 N–H and O–H groups in total. The summed E-state index contributed by atoms with van der Waals surface area (Å²) in [5, 5.41) is 12.4. The fourth-order valence-corrected chi connectivity index (χ4v) is 2.51. The van der Waals surface area contributed by atoms with Crippen molar-refractivity contribution in [1.29, 1.82) is 0 Å². The molecule has 2 rings (SSSR count). The Balaban J connectivity index is 2.64. The molecular weight excluding hydrogens is 254 g/mol. The predicted molar refractivity (Wildman–Crippen MR) is 64.7 cm³/mol. The summed E-state index contributed by atoms with van der Waals surface area (Å²) in [4.78, 5) is 0. The highest BCUT2D eigenvalue weighted by molar-refractivity contribution is 9.10. The monoisotopic (exact) mass is 267 g/mol. The molecule has 2 nitrogen and oxygen atoms in total. The highest BCUT2D eigenvalue weighted by Gasteiger charge is 2.30. The van der Waals surface area contributed by atoms with E-state index < -0.39 is 0 Å². The number of halogens is 1. The Bertz CT molecular complexity index is 424. The van der Waals surface area contributed by atoms with E-state index >= 15 is 0 Å². The first-order valence-electron chi connectivity index (χ1n) is 5.06. The fraction of sp³-hybridized carbons (Fsp3) is 0.417. The van der Waals surface area contributed by atoms with Crippen LogP contribution in [0.5, 0.6) is 0 Å². The Labute approximate surface area is 98.1 Å². The molecule has 0 aromatic heterocycles. The molecule has 0 unspecified atom stereocenters. The summed E-state index contributed by atoms with van der Waals surface area (Å²) in [6.07, 6.45) is 1.87. The van der Waals surface area contributed by atoms with Crippen molar-refractivity contribution >= 4 is 21.6 Å². The molecule has 0 aliphatic heterocycles. The number of hydrogen-bond acceptors (Lipinski definition) is 2. The van der Waals surface area contributed by atoms with E-state index in [2.05, 4.69) is 41.0 Å². The molecule has 0 fully saturated rings. The van der Waals surface area contributed by atoms with Crippen LogP contribution in [0.2, 0.25) is 0 Å². The molecule has 1 aromatic rings. The van der Waals surface area contributed by atoms with E-state index in [1.165, 1.54) is 5.56 Å². The summed E-state index contributed by atoms with van der Waals surface area (Å²) < 4.78 is 1.03. The molecular formula is C12H14BrNO. The minimum atomic E-state index is 0.171. The molecule has 0 saturated heterocycles. The van der Waals surface area contributed by atoms with Crippen molar-refractivity contribution in [3.05, 3.63) is 33.8 Å². The van der Waals surface area contributed by atoms with Gasteiger partial charge in [0.15, 0.2) is 0 Å². The van der Waals surface area contributed by atoms with Crippen LogP contribution in [0.3, 0.4) is 0 Å². The summed E-state index contributed by atoms with van der Waals surface area (Å²) >= 11 is 3.45. The first-order chi connectivity index (χ1) is 7.04. The zero-order valence-corrected chi connectivity index (χ0v) is 10.5. The van der Waals surface area contributed by atoms with Crippen LogP contribution < -0.4 is 0 Å². The number of nitrogens with zero attached hydrogens (tertiary/aromatic N) is 1. The smallest absolute Gasteiger partial charge is 0.0871 e. The molecule has 0 saturated carbocycles. The SMILES string of the molecule is CC1(C)CC/C(=N\O)c2cc(Br)ccc21. The maximum absolute atomic E-state index is 8.97. The Hall–Kier alpha value is -0.830. The maximum Gasteiger partial charge on any atom is 0.0871 e. The molecule has 1 aliphatic carbocycles. The van der Waals surface area contributed by atoms with Gasteiger partial charge in [0, 0.05) is 10.0 Å². The van der Waals surface area contributed by atoms with E-state index in [1.807, 2.05) is 12.1 Å². The maximum atomic E-state index is 8.97. The second-order valence-corrected chi connectivity index (χ2v) is 5.54. The van der Waals surface area contributed by atoms with Crippen molar-refractivity contribution < 1.29 is 5.21 Å². The summed E-state index contributed by atoms with van der Waals surface area (Å²) in [5.41, 5.74) is 3.31. The first kappa shape index (κ1) is 10.7. The second kappa shape index (κ2) is 3.63. The fourth-order valence-electron chi connectivity index (χ4n) is 2.15. The van der Waals surface area contributed by atoms with Gasteiger partial charge in [-0.05, 0) is 36.0 Å². The van der Waals surface area contributed by atoms with Gasteiger partial charge in [-0.25, -0.2) is 0 Å². The molecule has 80 valence electrons. The van der Waals surface area contributed by atoms with Crippen molar-refractivity contribution in [2.24, 2.45) is 5.16 Å². The summed E-state index contributed by atoms with van der Waals surface area (Å²) in [6, 6.07) is 6.19. The van der Waals surface area contributed by atoms with Gasteiger partial charge in [0.25, 0.3) is 0 Å². The topological polar surface area (TPSA) is 32.6 Å². The van der Waals surface area contributed by atoms with Crippen LogP contribution >= 0.6 is 15.9 Å². The van der Waals surface area contributed by atoms with Gasteiger partial charge in [0.1, 0.15) is 0 Å². The van der Waals surface area contributed by atoms with Crippen LogP contribution in [-0.2, 0) is 5.41 Å². The lowest BCUT2D eigenvalue weighted by atomic mass is 9.72. The molecule has 3 heteroatoms. The number of rotatable bonds is 0. The van der Waals surface area contributed by atoms with Crippen molar-refractivity contribution in [2.45, 2.75) is 32.1 Å². The van der Waals surface area contributed by atoms with Crippen molar-refractivity contribution in [3.63, 3.8) is 0 Å². The Morgan fingerprint density at radius 2 is 2.13 bits per heavy atom. The van der Waals surface area contributed by atoms with Crippen molar-refractivity contribution in [3.8, 4) is 0 Å². The highest BCUT2D eigenvalue weighted by atomic mass is 79.9. The van der Waals surface area contributed by atoms with Crippen LogP contribution in [0.15, 0.2) is 27.8 Å². The minimum absolute atomic E-state index is 0.171. The van der Waals surface area contributed by atoms with Crippen LogP contribution in [0, 0.1) is 0 Å². The van der Waals surface area contributed by atoms with Gasteiger partial charge in [-0.1, -0.05) is 41.0 Å². The number of benzene rings is 1. The third-order valence-corrected chi connectivity index (χ3v) is 3.62. The third kappa shape index (κ3) is 1.81. The van der Waals surface area contributed by atoms with Gasteiger partial charge in [0.05, 0.1) is 5.71 Å². The predicted octanol–water partition coefficient (Wildman–Crippen LogP) is 3.70. The van der Waals surface area contributed by atoms with Crippen LogP contribution in [0.1, 0.15) is 37.8 Å². The summed E-state index contributed by atoms with van der Waals surface area (Å²) in [6.45, 7) is 4.46. The normalized spacial score (nSPS) is 21.4. The van der Waals surface area contributed by atoms with Gasteiger partial charge < -0.3 is 5.21 Å². The number of hydrogen-bond donors (Lipinski definition) is 1. The zero-order chi connectivity index (χ0) is 11.1. The molecule has 0 radical (unpaired) electrons. The molecule has 0 bridgehead atoms. The molecule has 0 atom stereocenters. The average molecular weight is 268 g/mol. The van der Waals surface area contributed by atoms with E-state index in [9.17, 15) is 0 Å². The third-order valence-electron chi connectivity index (χ3n) is 3.13. The van der Waals surface area contributed by atoms with Gasteiger partial charge in [-0.2, -0.15) is 0 Å². The lowest BCUT2D eigenvalue weighted by molar-refractivity contribution is 0.315. The molecule has 1 aromatic carbocycles. The second-order valence-electron chi connectivity index (χ2n) is 4.62. The number of fused-ring (bicyclic) bond motifs is 1.